The Morgan fingerprint density at radius 3 is 3.00 bits per heavy atom. The van der Waals surface area contributed by atoms with Gasteiger partial charge in [-0.2, -0.15) is 0 Å². The average Bonchev–Trinajstić information content (AvgIpc) is 2.62. The van der Waals surface area contributed by atoms with Gasteiger partial charge in [0.05, 0.1) is 0 Å². The van der Waals surface area contributed by atoms with Crippen molar-refractivity contribution in [2.45, 2.75) is 20.4 Å². The second-order valence-corrected chi connectivity index (χ2v) is 3.73. The fourth-order valence-corrected chi connectivity index (χ4v) is 1.10. The Hall–Kier alpha value is -1.65. The third kappa shape index (κ3) is 3.53. The van der Waals surface area contributed by atoms with E-state index in [1.807, 2.05) is 13.8 Å². The van der Waals surface area contributed by atoms with Gasteiger partial charge in [0.2, 0.25) is 5.91 Å². The van der Waals surface area contributed by atoms with E-state index in [0.29, 0.717) is 18.7 Å². The summed E-state index contributed by atoms with van der Waals surface area (Å²) in [6, 6.07) is 0. The van der Waals surface area contributed by atoms with Crippen LogP contribution in [0.15, 0.2) is 12.4 Å². The lowest BCUT2D eigenvalue weighted by molar-refractivity contribution is -0.121. The minimum Gasteiger partial charge on any atom is -0.354 e. The number of aromatic nitrogens is 2. The van der Waals surface area contributed by atoms with Gasteiger partial charge >= 0.3 is 0 Å². The van der Waals surface area contributed by atoms with Crippen LogP contribution in [0.2, 0.25) is 0 Å². The van der Waals surface area contributed by atoms with Gasteiger partial charge in [-0.3, -0.25) is 9.59 Å². The molecule has 15 heavy (non-hydrogen) atoms. The van der Waals surface area contributed by atoms with Crippen molar-refractivity contribution in [2.24, 2.45) is 5.92 Å². The molecule has 5 heteroatoms. The first-order chi connectivity index (χ1) is 7.13. The maximum atomic E-state index is 11.4. The summed E-state index contributed by atoms with van der Waals surface area (Å²) in [5.74, 6) is 0.585. The standard InChI is InChI=1S/C10H15N3O2/c1-8(2)5-12-10(15)6-13-4-3-11-9(13)7-14/h3-4,7-8H,5-6H2,1-2H3,(H,12,15). The highest BCUT2D eigenvalue weighted by Crippen LogP contribution is 1.94. The van der Waals surface area contributed by atoms with Crippen LogP contribution in [0.3, 0.4) is 0 Å². The van der Waals surface area contributed by atoms with E-state index in [1.54, 1.807) is 6.20 Å². The highest BCUT2D eigenvalue weighted by Gasteiger charge is 2.06. The molecular weight excluding hydrogens is 194 g/mol. The summed E-state index contributed by atoms with van der Waals surface area (Å²) in [6.45, 7) is 4.83. The monoisotopic (exact) mass is 209 g/mol. The van der Waals surface area contributed by atoms with Crippen LogP contribution in [0.1, 0.15) is 24.5 Å². The molecule has 1 aromatic heterocycles. The zero-order valence-corrected chi connectivity index (χ0v) is 8.93. The van der Waals surface area contributed by atoms with Gasteiger partial charge in [0.15, 0.2) is 12.1 Å². The zero-order valence-electron chi connectivity index (χ0n) is 8.93. The van der Waals surface area contributed by atoms with Crippen molar-refractivity contribution in [1.82, 2.24) is 14.9 Å². The Morgan fingerprint density at radius 1 is 1.67 bits per heavy atom. The normalized spacial score (nSPS) is 10.3. The fourth-order valence-electron chi connectivity index (χ4n) is 1.10. The Balaban J connectivity index is 2.47. The van der Waals surface area contributed by atoms with E-state index in [0.717, 1.165) is 0 Å². The van der Waals surface area contributed by atoms with Crippen molar-refractivity contribution in [3.8, 4) is 0 Å². The maximum Gasteiger partial charge on any atom is 0.240 e. The summed E-state index contributed by atoms with van der Waals surface area (Å²) in [5, 5.41) is 2.77. The summed E-state index contributed by atoms with van der Waals surface area (Å²) in [7, 11) is 0. The third-order valence-corrected chi connectivity index (χ3v) is 1.87. The molecule has 0 fully saturated rings. The smallest absolute Gasteiger partial charge is 0.240 e. The minimum absolute atomic E-state index is 0.107. The number of hydrogen-bond acceptors (Lipinski definition) is 3. The summed E-state index contributed by atoms with van der Waals surface area (Å²) >= 11 is 0. The number of carbonyl (C=O) groups is 2. The molecule has 1 amide bonds. The Kier molecular flexibility index (Phi) is 4.03. The number of carbonyl (C=O) groups excluding carboxylic acids is 2. The molecule has 0 spiro atoms. The second kappa shape index (κ2) is 5.29. The van der Waals surface area contributed by atoms with Crippen LogP contribution >= 0.6 is 0 Å². The Morgan fingerprint density at radius 2 is 2.40 bits per heavy atom. The van der Waals surface area contributed by atoms with Crippen molar-refractivity contribution in [3.63, 3.8) is 0 Å². The van der Waals surface area contributed by atoms with Crippen LogP contribution < -0.4 is 5.32 Å². The lowest BCUT2D eigenvalue weighted by Crippen LogP contribution is -2.30. The van der Waals surface area contributed by atoms with E-state index in [-0.39, 0.29) is 18.3 Å². The number of nitrogens with zero attached hydrogens (tertiary/aromatic N) is 2. The van der Waals surface area contributed by atoms with Gasteiger partial charge in [-0.25, -0.2) is 4.98 Å². The van der Waals surface area contributed by atoms with E-state index in [1.165, 1.54) is 10.8 Å². The predicted molar refractivity (Wildman–Crippen MR) is 55.5 cm³/mol. The maximum absolute atomic E-state index is 11.4. The van der Waals surface area contributed by atoms with Gasteiger partial charge < -0.3 is 9.88 Å². The quantitative estimate of drug-likeness (QED) is 0.717. The van der Waals surface area contributed by atoms with Gasteiger partial charge in [-0.05, 0) is 5.92 Å². The third-order valence-electron chi connectivity index (χ3n) is 1.87. The fraction of sp³-hybridized carbons (Fsp3) is 0.500. The van der Waals surface area contributed by atoms with Crippen molar-refractivity contribution < 1.29 is 9.59 Å². The first kappa shape index (κ1) is 11.4. The molecule has 1 rings (SSSR count). The molecule has 0 radical (unpaired) electrons. The Bertz CT molecular complexity index is 344. The van der Waals surface area contributed by atoms with Crippen LogP contribution in [0.4, 0.5) is 0 Å². The molecule has 5 nitrogen and oxygen atoms in total. The highest BCUT2D eigenvalue weighted by atomic mass is 16.2. The van der Waals surface area contributed by atoms with Crippen LogP contribution in [-0.2, 0) is 11.3 Å². The zero-order chi connectivity index (χ0) is 11.3. The summed E-state index contributed by atoms with van der Waals surface area (Å²) < 4.78 is 1.52. The lowest BCUT2D eigenvalue weighted by atomic mass is 10.2. The molecule has 0 aliphatic carbocycles. The van der Waals surface area contributed by atoms with Crippen molar-refractivity contribution in [3.05, 3.63) is 18.2 Å². The number of amides is 1. The van der Waals surface area contributed by atoms with Crippen molar-refractivity contribution in [1.29, 1.82) is 0 Å². The molecule has 1 aromatic rings. The van der Waals surface area contributed by atoms with Gasteiger partial charge in [-0.15, -0.1) is 0 Å². The molecule has 0 aliphatic heterocycles. The molecule has 0 saturated heterocycles. The molecular formula is C10H15N3O2. The molecule has 82 valence electrons. The molecule has 0 aliphatic rings. The average molecular weight is 209 g/mol. The predicted octanol–water partition coefficient (Wildman–Crippen LogP) is 0.468. The van der Waals surface area contributed by atoms with E-state index >= 15 is 0 Å². The van der Waals surface area contributed by atoms with Crippen molar-refractivity contribution in [2.75, 3.05) is 6.54 Å². The van der Waals surface area contributed by atoms with Crippen LogP contribution in [-0.4, -0.2) is 28.3 Å². The Labute approximate surface area is 88.5 Å². The molecule has 0 bridgehead atoms. The number of hydrogen-bond donors (Lipinski definition) is 1. The molecule has 0 atom stereocenters. The van der Waals surface area contributed by atoms with E-state index in [9.17, 15) is 9.59 Å². The SMILES string of the molecule is CC(C)CNC(=O)Cn1ccnc1C=O. The van der Waals surface area contributed by atoms with E-state index in [2.05, 4.69) is 10.3 Å². The van der Waals surface area contributed by atoms with Gasteiger partial charge in [0.1, 0.15) is 6.54 Å². The molecule has 0 aromatic carbocycles. The first-order valence-electron chi connectivity index (χ1n) is 4.86. The number of nitrogens with one attached hydrogen (secondary N) is 1. The number of aldehydes is 1. The van der Waals surface area contributed by atoms with Crippen LogP contribution in [0, 0.1) is 5.92 Å². The lowest BCUT2D eigenvalue weighted by Gasteiger charge is -2.08. The highest BCUT2D eigenvalue weighted by molar-refractivity contribution is 5.77. The topological polar surface area (TPSA) is 64.0 Å². The van der Waals surface area contributed by atoms with Crippen LogP contribution in [0.25, 0.3) is 0 Å². The molecule has 1 N–H and O–H groups in total. The van der Waals surface area contributed by atoms with Crippen molar-refractivity contribution >= 4 is 12.2 Å². The molecule has 0 saturated carbocycles. The largest absolute Gasteiger partial charge is 0.354 e. The van der Waals surface area contributed by atoms with Crippen LogP contribution in [0.5, 0.6) is 0 Å². The number of rotatable bonds is 5. The first-order valence-corrected chi connectivity index (χ1v) is 4.86. The minimum atomic E-state index is -0.107. The second-order valence-electron chi connectivity index (χ2n) is 3.73. The van der Waals surface area contributed by atoms with E-state index in [4.69, 9.17) is 0 Å². The van der Waals surface area contributed by atoms with E-state index < -0.39 is 0 Å². The summed E-state index contributed by atoms with van der Waals surface area (Å²) in [5.41, 5.74) is 0. The van der Waals surface area contributed by atoms with Gasteiger partial charge in [-0.1, -0.05) is 13.8 Å². The summed E-state index contributed by atoms with van der Waals surface area (Å²) in [4.78, 5) is 25.7. The molecule has 1 heterocycles. The van der Waals surface area contributed by atoms with Gasteiger partial charge in [0.25, 0.3) is 0 Å². The number of imidazole rings is 1. The summed E-state index contributed by atoms with van der Waals surface area (Å²) in [6.07, 6.45) is 3.74. The molecule has 0 unspecified atom stereocenters. The van der Waals surface area contributed by atoms with Gasteiger partial charge in [0, 0.05) is 18.9 Å².